The van der Waals surface area contributed by atoms with Gasteiger partial charge in [0.15, 0.2) is 0 Å². The number of piperidine rings is 1. The van der Waals surface area contributed by atoms with Crippen molar-refractivity contribution in [1.82, 2.24) is 4.90 Å². The summed E-state index contributed by atoms with van der Waals surface area (Å²) in [6.45, 7) is 3.26. The number of hydrogen-bond acceptors (Lipinski definition) is 2. The second-order valence-electron chi connectivity index (χ2n) is 5.00. The molecule has 1 aromatic rings. The first-order valence-electron chi connectivity index (χ1n) is 6.79. The predicted molar refractivity (Wildman–Crippen MR) is 74.9 cm³/mol. The van der Waals surface area contributed by atoms with Crippen LogP contribution >= 0.6 is 0 Å². The number of rotatable bonds is 3. The minimum atomic E-state index is -0.0860. The minimum absolute atomic E-state index is 0.0860. The van der Waals surface area contributed by atoms with Gasteiger partial charge in [0.25, 0.3) is 0 Å². The molecule has 0 spiro atoms. The van der Waals surface area contributed by atoms with E-state index in [1.165, 1.54) is 13.3 Å². The number of nitrogens with zero attached hydrogens (tertiary/aromatic N) is 1. The second kappa shape index (κ2) is 6.36. The maximum absolute atomic E-state index is 12.1. The summed E-state index contributed by atoms with van der Waals surface area (Å²) in [5, 5.41) is 2.71. The Bertz CT molecular complexity index is 448. The van der Waals surface area contributed by atoms with Gasteiger partial charge in [-0.15, -0.1) is 0 Å². The van der Waals surface area contributed by atoms with Gasteiger partial charge in [-0.1, -0.05) is 12.1 Å². The maximum Gasteiger partial charge on any atom is 0.226 e. The summed E-state index contributed by atoms with van der Waals surface area (Å²) < 4.78 is 0. The average molecular weight is 260 g/mol. The minimum Gasteiger partial charge on any atom is -0.342 e. The SMILES string of the molecule is CC(=O)Nc1ccc(CC(=O)N2CCCCC2)cc1. The van der Waals surface area contributed by atoms with Crippen LogP contribution in [0.3, 0.4) is 0 Å². The van der Waals surface area contributed by atoms with E-state index in [1.807, 2.05) is 29.2 Å². The molecule has 0 bridgehead atoms. The third-order valence-electron chi connectivity index (χ3n) is 3.34. The van der Waals surface area contributed by atoms with Crippen LogP contribution in [0.5, 0.6) is 0 Å². The second-order valence-corrected chi connectivity index (χ2v) is 5.00. The number of anilines is 1. The van der Waals surface area contributed by atoms with Gasteiger partial charge < -0.3 is 10.2 Å². The summed E-state index contributed by atoms with van der Waals surface area (Å²) in [5.74, 6) is 0.115. The number of likely N-dealkylation sites (tertiary alicyclic amines) is 1. The largest absolute Gasteiger partial charge is 0.342 e. The average Bonchev–Trinajstić information content (AvgIpc) is 2.41. The van der Waals surface area contributed by atoms with Crippen LogP contribution in [0.25, 0.3) is 0 Å². The Kier molecular flexibility index (Phi) is 4.55. The zero-order valence-corrected chi connectivity index (χ0v) is 11.3. The van der Waals surface area contributed by atoms with E-state index in [0.717, 1.165) is 37.2 Å². The molecule has 1 aliphatic rings. The Morgan fingerprint density at radius 2 is 1.74 bits per heavy atom. The zero-order chi connectivity index (χ0) is 13.7. The molecule has 2 rings (SSSR count). The lowest BCUT2D eigenvalue weighted by Gasteiger charge is -2.26. The van der Waals surface area contributed by atoms with Gasteiger partial charge in [0, 0.05) is 25.7 Å². The molecule has 2 amide bonds. The van der Waals surface area contributed by atoms with Gasteiger partial charge in [-0.25, -0.2) is 0 Å². The van der Waals surface area contributed by atoms with Crippen molar-refractivity contribution in [3.63, 3.8) is 0 Å². The third kappa shape index (κ3) is 4.09. The van der Waals surface area contributed by atoms with E-state index < -0.39 is 0 Å². The molecular formula is C15H20N2O2. The first kappa shape index (κ1) is 13.6. The quantitative estimate of drug-likeness (QED) is 0.905. The lowest BCUT2D eigenvalue weighted by Crippen LogP contribution is -2.36. The normalized spacial score (nSPS) is 15.1. The summed E-state index contributed by atoms with van der Waals surface area (Å²) in [7, 11) is 0. The van der Waals surface area contributed by atoms with Crippen LogP contribution in [0, 0.1) is 0 Å². The molecule has 1 aromatic carbocycles. The first-order valence-corrected chi connectivity index (χ1v) is 6.79. The monoisotopic (exact) mass is 260 g/mol. The van der Waals surface area contributed by atoms with Crippen molar-refractivity contribution in [2.45, 2.75) is 32.6 Å². The summed E-state index contributed by atoms with van der Waals surface area (Å²) in [6.07, 6.45) is 3.91. The van der Waals surface area contributed by atoms with Gasteiger partial charge in [0.2, 0.25) is 11.8 Å². The third-order valence-corrected chi connectivity index (χ3v) is 3.34. The highest BCUT2D eigenvalue weighted by Gasteiger charge is 2.16. The molecule has 1 fully saturated rings. The predicted octanol–water partition coefficient (Wildman–Crippen LogP) is 2.20. The Balaban J connectivity index is 1.91. The molecule has 0 aromatic heterocycles. The molecule has 1 saturated heterocycles. The van der Waals surface area contributed by atoms with Gasteiger partial charge in [0.05, 0.1) is 6.42 Å². The van der Waals surface area contributed by atoms with E-state index in [4.69, 9.17) is 0 Å². The summed E-state index contributed by atoms with van der Waals surface area (Å²) >= 11 is 0. The van der Waals surface area contributed by atoms with Gasteiger partial charge >= 0.3 is 0 Å². The highest BCUT2D eigenvalue weighted by Crippen LogP contribution is 2.13. The first-order chi connectivity index (χ1) is 9.15. The fraction of sp³-hybridized carbons (Fsp3) is 0.467. The van der Waals surface area contributed by atoms with E-state index in [1.54, 1.807) is 0 Å². The Morgan fingerprint density at radius 1 is 1.11 bits per heavy atom. The topological polar surface area (TPSA) is 49.4 Å². The lowest BCUT2D eigenvalue weighted by molar-refractivity contribution is -0.131. The molecule has 19 heavy (non-hydrogen) atoms. The highest BCUT2D eigenvalue weighted by atomic mass is 16.2. The van der Waals surface area contributed by atoms with Crippen molar-refractivity contribution in [2.24, 2.45) is 0 Å². The molecule has 0 radical (unpaired) electrons. The fourth-order valence-corrected chi connectivity index (χ4v) is 2.34. The number of amides is 2. The van der Waals surface area contributed by atoms with Crippen molar-refractivity contribution in [2.75, 3.05) is 18.4 Å². The Hall–Kier alpha value is -1.84. The van der Waals surface area contributed by atoms with Crippen LogP contribution in [0.2, 0.25) is 0 Å². The van der Waals surface area contributed by atoms with Crippen LogP contribution in [0.15, 0.2) is 24.3 Å². The standard InChI is InChI=1S/C15H20N2O2/c1-12(18)16-14-7-5-13(6-8-14)11-15(19)17-9-3-2-4-10-17/h5-8H,2-4,9-11H2,1H3,(H,16,18). The van der Waals surface area contributed by atoms with Crippen LogP contribution in [0.4, 0.5) is 5.69 Å². The van der Waals surface area contributed by atoms with Crippen LogP contribution in [-0.4, -0.2) is 29.8 Å². The lowest BCUT2D eigenvalue weighted by atomic mass is 10.1. The molecule has 0 saturated carbocycles. The molecule has 4 nitrogen and oxygen atoms in total. The van der Waals surface area contributed by atoms with E-state index >= 15 is 0 Å². The summed E-state index contributed by atoms with van der Waals surface area (Å²) in [6, 6.07) is 7.46. The fourth-order valence-electron chi connectivity index (χ4n) is 2.34. The van der Waals surface area contributed by atoms with Crippen molar-refractivity contribution >= 4 is 17.5 Å². The van der Waals surface area contributed by atoms with E-state index in [0.29, 0.717) is 6.42 Å². The Labute approximate surface area is 113 Å². The molecule has 0 aliphatic carbocycles. The molecular weight excluding hydrogens is 240 g/mol. The van der Waals surface area contributed by atoms with Crippen molar-refractivity contribution in [1.29, 1.82) is 0 Å². The molecule has 102 valence electrons. The van der Waals surface area contributed by atoms with Crippen LogP contribution < -0.4 is 5.32 Å². The van der Waals surface area contributed by atoms with Gasteiger partial charge in [-0.2, -0.15) is 0 Å². The van der Waals surface area contributed by atoms with Crippen LogP contribution in [0.1, 0.15) is 31.7 Å². The number of carbonyl (C=O) groups is 2. The van der Waals surface area contributed by atoms with Crippen molar-refractivity contribution in [3.8, 4) is 0 Å². The van der Waals surface area contributed by atoms with Crippen molar-refractivity contribution < 1.29 is 9.59 Å². The smallest absolute Gasteiger partial charge is 0.226 e. The van der Waals surface area contributed by atoms with Gasteiger partial charge in [-0.05, 0) is 37.0 Å². The number of hydrogen-bond donors (Lipinski definition) is 1. The van der Waals surface area contributed by atoms with E-state index in [9.17, 15) is 9.59 Å². The van der Waals surface area contributed by atoms with E-state index in [2.05, 4.69) is 5.32 Å². The van der Waals surface area contributed by atoms with E-state index in [-0.39, 0.29) is 11.8 Å². The number of benzene rings is 1. The summed E-state index contributed by atoms with van der Waals surface area (Å²) in [5.41, 5.74) is 1.76. The highest BCUT2D eigenvalue weighted by molar-refractivity contribution is 5.88. The molecule has 1 N–H and O–H groups in total. The van der Waals surface area contributed by atoms with Crippen LogP contribution in [-0.2, 0) is 16.0 Å². The summed E-state index contributed by atoms with van der Waals surface area (Å²) in [4.78, 5) is 24.9. The molecule has 0 unspecified atom stereocenters. The Morgan fingerprint density at radius 3 is 2.32 bits per heavy atom. The zero-order valence-electron chi connectivity index (χ0n) is 11.3. The van der Waals surface area contributed by atoms with Gasteiger partial charge in [0.1, 0.15) is 0 Å². The molecule has 0 atom stereocenters. The molecule has 1 aliphatic heterocycles. The molecule has 1 heterocycles. The van der Waals surface area contributed by atoms with Gasteiger partial charge in [-0.3, -0.25) is 9.59 Å². The molecule has 4 heteroatoms. The maximum atomic E-state index is 12.1. The number of carbonyl (C=O) groups excluding carboxylic acids is 2. The van der Waals surface area contributed by atoms with Crippen molar-refractivity contribution in [3.05, 3.63) is 29.8 Å². The number of nitrogens with one attached hydrogen (secondary N) is 1.